The molecule has 0 fully saturated rings. The number of benzene rings is 1. The Hall–Kier alpha value is -1.42. The van der Waals surface area contributed by atoms with Crippen molar-refractivity contribution < 1.29 is 13.5 Å². The number of hydrogen-bond donors (Lipinski definition) is 2. The van der Waals surface area contributed by atoms with E-state index in [9.17, 15) is 8.42 Å². The van der Waals surface area contributed by atoms with E-state index in [0.29, 0.717) is 17.5 Å². The molecule has 0 amide bonds. The summed E-state index contributed by atoms with van der Waals surface area (Å²) in [6.45, 7) is 3.88. The Morgan fingerprint density at radius 1 is 1.47 bits per heavy atom. The summed E-state index contributed by atoms with van der Waals surface area (Å²) < 4.78 is 26.6. The number of aliphatic hydroxyl groups excluding tert-OH is 1. The zero-order valence-corrected chi connectivity index (χ0v) is 11.9. The molecule has 5 nitrogen and oxygen atoms in total. The minimum atomic E-state index is -3.56. The van der Waals surface area contributed by atoms with Gasteiger partial charge in [-0.3, -0.25) is 0 Å². The summed E-state index contributed by atoms with van der Waals surface area (Å²) in [6, 6.07) is 6.40. The molecular formula is C13H18N2O3S. The highest BCUT2D eigenvalue weighted by Gasteiger charge is 2.16. The summed E-state index contributed by atoms with van der Waals surface area (Å²) in [5, 5.41) is 17.6. The van der Waals surface area contributed by atoms with Gasteiger partial charge in [-0.1, -0.05) is 6.92 Å². The molecule has 0 aliphatic carbocycles. The van der Waals surface area contributed by atoms with E-state index in [2.05, 4.69) is 4.72 Å². The van der Waals surface area contributed by atoms with Crippen LogP contribution in [0.3, 0.4) is 0 Å². The summed E-state index contributed by atoms with van der Waals surface area (Å²) in [5.74, 6) is 0.0688. The number of sulfonamides is 1. The predicted molar refractivity (Wildman–Crippen MR) is 71.9 cm³/mol. The van der Waals surface area contributed by atoms with Crippen molar-refractivity contribution in [1.29, 1.82) is 5.26 Å². The SMILES string of the molecule is Cc1cc(S(=O)(=O)NCC(C)CCO)ccc1C#N. The van der Waals surface area contributed by atoms with Crippen LogP contribution in [0.4, 0.5) is 0 Å². The van der Waals surface area contributed by atoms with Crippen LogP contribution in [0.15, 0.2) is 23.1 Å². The summed E-state index contributed by atoms with van der Waals surface area (Å²) >= 11 is 0. The first-order valence-corrected chi connectivity index (χ1v) is 7.50. The molecule has 1 atom stereocenters. The van der Waals surface area contributed by atoms with Gasteiger partial charge in [0.2, 0.25) is 10.0 Å². The summed E-state index contributed by atoms with van der Waals surface area (Å²) in [5.41, 5.74) is 1.10. The van der Waals surface area contributed by atoms with Crippen molar-refractivity contribution in [1.82, 2.24) is 4.72 Å². The number of rotatable bonds is 6. The van der Waals surface area contributed by atoms with Gasteiger partial charge < -0.3 is 5.11 Å². The van der Waals surface area contributed by atoms with Crippen LogP contribution < -0.4 is 4.72 Å². The molecule has 0 aliphatic heterocycles. The molecule has 0 saturated carbocycles. The second kappa shape index (κ2) is 6.66. The van der Waals surface area contributed by atoms with Crippen LogP contribution in [0.5, 0.6) is 0 Å². The number of nitriles is 1. The largest absolute Gasteiger partial charge is 0.396 e. The molecule has 0 spiro atoms. The third kappa shape index (κ3) is 4.31. The van der Waals surface area contributed by atoms with Crippen LogP contribution in [0, 0.1) is 24.2 Å². The maximum absolute atomic E-state index is 12.0. The van der Waals surface area contributed by atoms with E-state index >= 15 is 0 Å². The number of nitrogens with zero attached hydrogens (tertiary/aromatic N) is 1. The monoisotopic (exact) mass is 282 g/mol. The van der Waals surface area contributed by atoms with Crippen molar-refractivity contribution in [2.24, 2.45) is 5.92 Å². The van der Waals surface area contributed by atoms with Gasteiger partial charge in [-0.25, -0.2) is 13.1 Å². The Labute approximate surface area is 113 Å². The maximum Gasteiger partial charge on any atom is 0.240 e. The van der Waals surface area contributed by atoms with E-state index in [1.807, 2.05) is 13.0 Å². The molecule has 0 aromatic heterocycles. The molecule has 0 heterocycles. The normalized spacial score (nSPS) is 12.9. The van der Waals surface area contributed by atoms with Crippen molar-refractivity contribution in [3.05, 3.63) is 29.3 Å². The number of hydrogen-bond acceptors (Lipinski definition) is 4. The molecule has 1 unspecified atom stereocenters. The molecule has 0 aliphatic rings. The zero-order valence-electron chi connectivity index (χ0n) is 11.0. The highest BCUT2D eigenvalue weighted by atomic mass is 32.2. The third-order valence-corrected chi connectivity index (χ3v) is 4.29. The lowest BCUT2D eigenvalue weighted by atomic mass is 10.1. The van der Waals surface area contributed by atoms with E-state index in [-0.39, 0.29) is 24.0 Å². The average molecular weight is 282 g/mol. The molecule has 19 heavy (non-hydrogen) atoms. The topological polar surface area (TPSA) is 90.2 Å². The van der Waals surface area contributed by atoms with Crippen molar-refractivity contribution in [3.63, 3.8) is 0 Å². The van der Waals surface area contributed by atoms with E-state index in [4.69, 9.17) is 10.4 Å². The van der Waals surface area contributed by atoms with Gasteiger partial charge in [0, 0.05) is 13.2 Å². The Morgan fingerprint density at radius 3 is 2.68 bits per heavy atom. The van der Waals surface area contributed by atoms with Crippen molar-refractivity contribution in [2.45, 2.75) is 25.2 Å². The molecule has 0 radical (unpaired) electrons. The molecule has 6 heteroatoms. The van der Waals surface area contributed by atoms with Crippen LogP contribution in [-0.4, -0.2) is 26.7 Å². The van der Waals surface area contributed by atoms with Gasteiger partial charge in [-0.2, -0.15) is 5.26 Å². The lowest BCUT2D eigenvalue weighted by Crippen LogP contribution is -2.28. The first-order chi connectivity index (χ1) is 8.90. The lowest BCUT2D eigenvalue weighted by Gasteiger charge is -2.12. The highest BCUT2D eigenvalue weighted by molar-refractivity contribution is 7.89. The zero-order chi connectivity index (χ0) is 14.5. The van der Waals surface area contributed by atoms with Gasteiger partial charge in [0.15, 0.2) is 0 Å². The molecule has 0 saturated heterocycles. The van der Waals surface area contributed by atoms with Crippen LogP contribution in [-0.2, 0) is 10.0 Å². The fraction of sp³-hybridized carbons (Fsp3) is 0.462. The van der Waals surface area contributed by atoms with Gasteiger partial charge in [0.05, 0.1) is 16.5 Å². The van der Waals surface area contributed by atoms with Gasteiger partial charge in [-0.15, -0.1) is 0 Å². The first-order valence-electron chi connectivity index (χ1n) is 6.02. The van der Waals surface area contributed by atoms with E-state index in [0.717, 1.165) is 0 Å². The summed E-state index contributed by atoms with van der Waals surface area (Å²) in [6.07, 6.45) is 0.551. The van der Waals surface area contributed by atoms with Crippen LogP contribution in [0.25, 0.3) is 0 Å². The average Bonchev–Trinajstić information content (AvgIpc) is 2.37. The quantitative estimate of drug-likeness (QED) is 0.819. The van der Waals surface area contributed by atoms with Gasteiger partial charge in [0.1, 0.15) is 0 Å². The number of aryl methyl sites for hydroxylation is 1. The number of aliphatic hydroxyl groups is 1. The first kappa shape index (κ1) is 15.6. The van der Waals surface area contributed by atoms with Gasteiger partial charge in [-0.05, 0) is 43.0 Å². The Bertz CT molecular complexity index is 576. The second-order valence-electron chi connectivity index (χ2n) is 4.56. The van der Waals surface area contributed by atoms with Crippen LogP contribution >= 0.6 is 0 Å². The Balaban J connectivity index is 2.84. The minimum Gasteiger partial charge on any atom is -0.396 e. The molecule has 2 N–H and O–H groups in total. The summed E-state index contributed by atoms with van der Waals surface area (Å²) in [7, 11) is -3.56. The van der Waals surface area contributed by atoms with E-state index < -0.39 is 10.0 Å². The minimum absolute atomic E-state index is 0.0405. The second-order valence-corrected chi connectivity index (χ2v) is 6.32. The molecule has 104 valence electrons. The standard InChI is InChI=1S/C13H18N2O3S/c1-10(5-6-16)9-15-19(17,18)13-4-3-12(8-14)11(2)7-13/h3-4,7,10,15-16H,5-6,9H2,1-2H3. The molecule has 1 aromatic rings. The van der Waals surface area contributed by atoms with Crippen molar-refractivity contribution >= 4 is 10.0 Å². The van der Waals surface area contributed by atoms with E-state index in [1.54, 1.807) is 6.92 Å². The maximum atomic E-state index is 12.0. The van der Waals surface area contributed by atoms with Crippen LogP contribution in [0.2, 0.25) is 0 Å². The van der Waals surface area contributed by atoms with Crippen LogP contribution in [0.1, 0.15) is 24.5 Å². The number of nitrogens with one attached hydrogen (secondary N) is 1. The Kier molecular flexibility index (Phi) is 5.48. The van der Waals surface area contributed by atoms with Crippen molar-refractivity contribution in [3.8, 4) is 6.07 Å². The molecule has 1 aromatic carbocycles. The van der Waals surface area contributed by atoms with Gasteiger partial charge in [0.25, 0.3) is 0 Å². The predicted octanol–water partition coefficient (Wildman–Crippen LogP) is 1.16. The third-order valence-electron chi connectivity index (χ3n) is 2.87. The lowest BCUT2D eigenvalue weighted by molar-refractivity contribution is 0.263. The van der Waals surface area contributed by atoms with Crippen molar-refractivity contribution in [2.75, 3.05) is 13.2 Å². The van der Waals surface area contributed by atoms with Gasteiger partial charge >= 0.3 is 0 Å². The molecular weight excluding hydrogens is 264 g/mol. The fourth-order valence-corrected chi connectivity index (χ4v) is 2.84. The highest BCUT2D eigenvalue weighted by Crippen LogP contribution is 2.15. The summed E-state index contributed by atoms with van der Waals surface area (Å²) in [4.78, 5) is 0.153. The molecule has 0 bridgehead atoms. The fourth-order valence-electron chi connectivity index (χ4n) is 1.59. The van der Waals surface area contributed by atoms with E-state index in [1.165, 1.54) is 18.2 Å². The molecule has 1 rings (SSSR count). The Morgan fingerprint density at radius 2 is 2.16 bits per heavy atom. The smallest absolute Gasteiger partial charge is 0.240 e.